The van der Waals surface area contributed by atoms with Gasteiger partial charge in [-0.25, -0.2) is 0 Å². The van der Waals surface area contributed by atoms with Crippen molar-refractivity contribution >= 4 is 33.7 Å². The fourth-order valence-corrected chi connectivity index (χ4v) is 20.3. The van der Waals surface area contributed by atoms with Crippen LogP contribution in [0.4, 0.5) is 10.5 Å². The van der Waals surface area contributed by atoms with Crippen LogP contribution in [0.3, 0.4) is 0 Å². The number of unbranched alkanes of at least 4 members (excludes halogenated alkanes) is 3. The first-order valence-electron chi connectivity index (χ1n) is 10.2. The molecule has 0 aromatic heterocycles. The van der Waals surface area contributed by atoms with Crippen LogP contribution in [0.2, 0.25) is 13.3 Å². The van der Waals surface area contributed by atoms with Crippen molar-refractivity contribution < 1.29 is 9.53 Å². The van der Waals surface area contributed by atoms with Gasteiger partial charge in [0.1, 0.15) is 0 Å². The first kappa shape index (κ1) is 22.3. The summed E-state index contributed by atoms with van der Waals surface area (Å²) in [6.07, 6.45) is 7.39. The topological polar surface area (TPSA) is 38.3 Å². The van der Waals surface area contributed by atoms with E-state index in [1.54, 1.807) is 0 Å². The minimum absolute atomic E-state index is 0.323. The predicted octanol–water partition coefficient (Wildman–Crippen LogP) is 6.31. The predicted molar refractivity (Wildman–Crippen MR) is 112 cm³/mol. The summed E-state index contributed by atoms with van der Waals surface area (Å²) >= 11 is -2.56. The van der Waals surface area contributed by atoms with Gasteiger partial charge in [-0.15, -0.1) is 0 Å². The Morgan fingerprint density at radius 1 is 0.920 bits per heavy atom. The molecule has 1 N–H and O–H groups in total. The zero-order chi connectivity index (χ0) is 18.5. The van der Waals surface area contributed by atoms with Gasteiger partial charge in [0, 0.05) is 0 Å². The summed E-state index contributed by atoms with van der Waals surface area (Å²) in [5, 5.41) is 3.04. The minimum atomic E-state index is -2.56. The number of benzene rings is 1. The van der Waals surface area contributed by atoms with E-state index in [4.69, 9.17) is 4.74 Å². The maximum atomic E-state index is 12.0. The molecule has 0 unspecified atom stereocenters. The number of hydrogen-bond acceptors (Lipinski definition) is 2. The summed E-state index contributed by atoms with van der Waals surface area (Å²) in [4.78, 5) is 12.0. The van der Waals surface area contributed by atoms with E-state index >= 15 is 0 Å². The van der Waals surface area contributed by atoms with Gasteiger partial charge in [0.05, 0.1) is 0 Å². The second-order valence-corrected chi connectivity index (χ2v) is 20.1. The average molecular weight is 454 g/mol. The number of nitrogens with one attached hydrogen (secondary N) is 1. The molecule has 25 heavy (non-hydrogen) atoms. The average Bonchev–Trinajstić information content (AvgIpc) is 2.62. The first-order valence-corrected chi connectivity index (χ1v) is 17.6. The van der Waals surface area contributed by atoms with Crippen LogP contribution in [0.5, 0.6) is 0 Å². The summed E-state index contributed by atoms with van der Waals surface area (Å²) in [7, 11) is 0. The van der Waals surface area contributed by atoms with Crippen molar-refractivity contribution in [1.29, 1.82) is 0 Å². The quantitative estimate of drug-likeness (QED) is 0.376. The van der Waals surface area contributed by atoms with Crippen LogP contribution in [0, 0.1) is 0 Å². The van der Waals surface area contributed by atoms with Gasteiger partial charge in [0.25, 0.3) is 0 Å². The van der Waals surface area contributed by atoms with E-state index in [9.17, 15) is 4.79 Å². The Balaban J connectivity index is 3.23. The summed E-state index contributed by atoms with van der Waals surface area (Å²) in [6.45, 7) is 9.12. The van der Waals surface area contributed by atoms with Gasteiger partial charge >= 0.3 is 159 Å². The van der Waals surface area contributed by atoms with Crippen LogP contribution in [-0.4, -0.2) is 31.1 Å². The Kier molecular flexibility index (Phi) is 11.3. The molecule has 0 fully saturated rings. The molecule has 142 valence electrons. The summed E-state index contributed by atoms with van der Waals surface area (Å²) in [5.41, 5.74) is 1.01. The van der Waals surface area contributed by atoms with Crippen molar-refractivity contribution in [3.05, 3.63) is 24.3 Å². The molecule has 0 aliphatic heterocycles. The molecule has 0 aliphatic carbocycles. The summed E-state index contributed by atoms with van der Waals surface area (Å²) in [5.74, 6) is 0. The zero-order valence-corrected chi connectivity index (χ0v) is 19.6. The number of amides is 1. The molecule has 1 aromatic rings. The number of rotatable bonds is 12. The number of carbonyl (C=O) groups excluding carboxylic acids is 1. The third kappa shape index (κ3) is 7.20. The van der Waals surface area contributed by atoms with Crippen molar-refractivity contribution in [2.24, 2.45) is 0 Å². The van der Waals surface area contributed by atoms with Crippen molar-refractivity contribution in [2.45, 2.75) is 79.5 Å². The second kappa shape index (κ2) is 12.6. The zero-order valence-electron chi connectivity index (χ0n) is 16.7. The molecule has 3 nitrogen and oxygen atoms in total. The SMILES string of the molecule is CCC[CH2][Sn]([CH2]CCC)([CH2]CCC)[c]1ccccc1NC(=O)OCC. The van der Waals surface area contributed by atoms with Crippen molar-refractivity contribution in [1.82, 2.24) is 0 Å². The Labute approximate surface area is 158 Å². The standard InChI is InChI=1S/C9H10NO2.3C4H9.Sn/c1-2-12-9(11)10-8-6-4-3-5-7-8;3*1-3-4-2;/h3-6H,2H2,1H3,(H,10,11);3*1,3-4H2,2H3;. The number of para-hydroxylation sites is 1. The third-order valence-electron chi connectivity index (χ3n) is 5.04. The van der Waals surface area contributed by atoms with Crippen molar-refractivity contribution in [2.75, 3.05) is 11.9 Å². The van der Waals surface area contributed by atoms with Crippen LogP contribution in [0.25, 0.3) is 0 Å². The van der Waals surface area contributed by atoms with Gasteiger partial charge in [-0.3, -0.25) is 0 Å². The summed E-state index contributed by atoms with van der Waals surface area (Å²) in [6, 6.07) is 8.56. The van der Waals surface area contributed by atoms with E-state index in [1.165, 1.54) is 55.4 Å². The number of hydrogen-bond donors (Lipinski definition) is 1. The Bertz CT molecular complexity index is 483. The Morgan fingerprint density at radius 2 is 1.44 bits per heavy atom. The molecule has 1 amide bonds. The van der Waals surface area contributed by atoms with Gasteiger partial charge in [0.15, 0.2) is 0 Å². The molecule has 4 heteroatoms. The number of carbonyl (C=O) groups is 1. The van der Waals surface area contributed by atoms with Gasteiger partial charge in [0.2, 0.25) is 0 Å². The molecule has 0 heterocycles. The van der Waals surface area contributed by atoms with Crippen LogP contribution in [0.15, 0.2) is 24.3 Å². The van der Waals surface area contributed by atoms with E-state index < -0.39 is 18.4 Å². The first-order chi connectivity index (χ1) is 12.1. The van der Waals surface area contributed by atoms with Crippen LogP contribution >= 0.6 is 0 Å². The molecule has 0 spiro atoms. The van der Waals surface area contributed by atoms with Gasteiger partial charge in [-0.05, 0) is 0 Å². The van der Waals surface area contributed by atoms with Gasteiger partial charge in [-0.2, -0.15) is 0 Å². The van der Waals surface area contributed by atoms with Gasteiger partial charge < -0.3 is 0 Å². The summed E-state index contributed by atoms with van der Waals surface area (Å²) < 4.78 is 10.8. The molecular formula is C21H37NO2Sn. The van der Waals surface area contributed by atoms with Crippen LogP contribution in [0.1, 0.15) is 66.2 Å². The van der Waals surface area contributed by atoms with Crippen molar-refractivity contribution in [3.8, 4) is 0 Å². The Hall–Kier alpha value is -0.711. The van der Waals surface area contributed by atoms with E-state index in [0.29, 0.717) is 6.61 Å². The molecule has 1 aromatic carbocycles. The number of anilines is 1. The normalized spacial score (nSPS) is 11.4. The molecule has 0 saturated heterocycles. The van der Waals surface area contributed by atoms with E-state index in [2.05, 4.69) is 44.3 Å². The molecule has 0 saturated carbocycles. The second-order valence-electron chi connectivity index (χ2n) is 6.98. The van der Waals surface area contributed by atoms with Crippen LogP contribution in [-0.2, 0) is 4.74 Å². The van der Waals surface area contributed by atoms with Gasteiger partial charge in [-0.1, -0.05) is 0 Å². The molecule has 0 radical (unpaired) electrons. The molecule has 0 aliphatic rings. The fraction of sp³-hybridized carbons (Fsp3) is 0.667. The monoisotopic (exact) mass is 455 g/mol. The van der Waals surface area contributed by atoms with E-state index in [1.807, 2.05) is 13.0 Å². The van der Waals surface area contributed by atoms with Crippen molar-refractivity contribution in [3.63, 3.8) is 0 Å². The molecular weight excluding hydrogens is 417 g/mol. The third-order valence-corrected chi connectivity index (χ3v) is 20.8. The molecule has 0 bridgehead atoms. The maximum absolute atomic E-state index is 12.0. The van der Waals surface area contributed by atoms with Crippen LogP contribution < -0.4 is 8.90 Å². The van der Waals surface area contributed by atoms with E-state index in [-0.39, 0.29) is 6.09 Å². The molecule has 0 atom stereocenters. The molecule has 1 rings (SSSR count). The Morgan fingerprint density at radius 3 is 1.92 bits per heavy atom. The fourth-order valence-electron chi connectivity index (χ4n) is 3.66. The number of ether oxygens (including phenoxy) is 1. The van der Waals surface area contributed by atoms with E-state index in [0.717, 1.165) is 5.69 Å².